The molecule has 1 spiro atoms. The Balaban J connectivity index is 1.31. The van der Waals surface area contributed by atoms with E-state index in [4.69, 9.17) is 0 Å². The van der Waals surface area contributed by atoms with E-state index in [1.165, 1.54) is 36.7 Å². The van der Waals surface area contributed by atoms with E-state index >= 15 is 0 Å². The molecular weight excluding hydrogens is 450 g/mol. The predicted molar refractivity (Wildman–Crippen MR) is 127 cm³/mol. The van der Waals surface area contributed by atoms with Crippen LogP contribution >= 0.6 is 0 Å². The van der Waals surface area contributed by atoms with Crippen LogP contribution in [0.2, 0.25) is 0 Å². The van der Waals surface area contributed by atoms with E-state index < -0.39 is 11.2 Å². The number of hydrogen-bond donors (Lipinski definition) is 1. The van der Waals surface area contributed by atoms with Crippen molar-refractivity contribution < 1.29 is 18.4 Å². The quantitative estimate of drug-likeness (QED) is 0.575. The maximum Gasteiger partial charge on any atom is 0.255 e. The summed E-state index contributed by atoms with van der Waals surface area (Å²) in [6, 6.07) is 13.3. The minimum Gasteiger partial charge on any atom is -0.329 e. The van der Waals surface area contributed by atoms with Crippen molar-refractivity contribution in [3.05, 3.63) is 89.9 Å². The fraction of sp³-hybridized carbons (Fsp3) is 0.259. The number of carbonyl (C=O) groups excluding carboxylic acids is 2. The van der Waals surface area contributed by atoms with Crippen molar-refractivity contribution in [2.75, 3.05) is 11.4 Å². The summed E-state index contributed by atoms with van der Waals surface area (Å²) < 4.78 is 26.7. The highest BCUT2D eigenvalue weighted by Gasteiger charge is 2.48. The number of aromatic nitrogens is 2. The molecule has 6 nitrogen and oxygen atoms in total. The molecule has 3 aromatic rings. The van der Waals surface area contributed by atoms with E-state index in [9.17, 15) is 18.4 Å². The molecule has 1 aromatic heterocycles. The number of hydrogen-bond acceptors (Lipinski definition) is 4. The third-order valence-electron chi connectivity index (χ3n) is 6.79. The van der Waals surface area contributed by atoms with Gasteiger partial charge in [-0.05, 0) is 74.6 Å². The normalized spacial score (nSPS) is 21.0. The van der Waals surface area contributed by atoms with Crippen LogP contribution < -0.4 is 10.2 Å². The second-order valence-corrected chi connectivity index (χ2v) is 9.07. The summed E-state index contributed by atoms with van der Waals surface area (Å²) in [4.78, 5) is 36.3. The van der Waals surface area contributed by atoms with Gasteiger partial charge in [0.25, 0.3) is 5.91 Å². The molecule has 2 heterocycles. The Morgan fingerprint density at radius 2 is 1.86 bits per heavy atom. The van der Waals surface area contributed by atoms with E-state index in [-0.39, 0.29) is 23.2 Å². The summed E-state index contributed by atoms with van der Waals surface area (Å²) in [5, 5.41) is 2.75. The summed E-state index contributed by atoms with van der Waals surface area (Å²) in [7, 11) is 0. The highest BCUT2D eigenvalue weighted by atomic mass is 19.1. The maximum absolute atomic E-state index is 13.6. The van der Waals surface area contributed by atoms with Gasteiger partial charge < -0.3 is 5.32 Å². The van der Waals surface area contributed by atoms with Gasteiger partial charge in [-0.15, -0.1) is 0 Å². The Labute approximate surface area is 201 Å². The van der Waals surface area contributed by atoms with Crippen molar-refractivity contribution in [1.82, 2.24) is 15.3 Å². The van der Waals surface area contributed by atoms with Crippen LogP contribution in [-0.2, 0) is 4.79 Å². The van der Waals surface area contributed by atoms with Crippen LogP contribution in [0.15, 0.2) is 72.7 Å². The highest BCUT2D eigenvalue weighted by Crippen LogP contribution is 2.47. The van der Waals surface area contributed by atoms with Crippen LogP contribution in [0, 0.1) is 17.0 Å². The van der Waals surface area contributed by atoms with Gasteiger partial charge in [-0.3, -0.25) is 14.5 Å². The lowest BCUT2D eigenvalue weighted by molar-refractivity contribution is -0.126. The number of nitrogens with zero attached hydrogens (tertiary/aromatic N) is 3. The molecule has 0 bridgehead atoms. The molecule has 8 heteroatoms. The topological polar surface area (TPSA) is 75.2 Å². The standard InChI is InChI=1S/C27H24F2N4O2/c28-21-8-6-19(7-9-21)23-14-24(32-17-31-23)33-12-11-27(26(33)35)10-2-3-18(15-27)16-30-25(34)20-4-1-5-22(29)13-20/h1,4-9,13-14,16-17H,2-3,10-12,15H2,(H,30,34)/b18-16-. The number of rotatable bonds is 4. The molecule has 1 aliphatic carbocycles. The number of benzene rings is 2. The maximum atomic E-state index is 13.6. The lowest BCUT2D eigenvalue weighted by atomic mass is 9.71. The number of allylic oxidation sites excluding steroid dienone is 1. The van der Waals surface area contributed by atoms with Crippen molar-refractivity contribution in [3.8, 4) is 11.3 Å². The third kappa shape index (κ3) is 4.69. The molecule has 178 valence electrons. The van der Waals surface area contributed by atoms with Crippen LogP contribution in [0.5, 0.6) is 0 Å². The SMILES string of the molecule is O=C(N/C=C1/CCCC2(CCN(c3cc(-c4ccc(F)cc4)ncn3)C2=O)C1)c1cccc(F)c1. The van der Waals surface area contributed by atoms with Crippen molar-refractivity contribution in [2.24, 2.45) is 5.41 Å². The Morgan fingerprint density at radius 1 is 1.03 bits per heavy atom. The number of nitrogens with one attached hydrogen (secondary N) is 1. The first kappa shape index (κ1) is 22.8. The largest absolute Gasteiger partial charge is 0.329 e. The Bertz CT molecular complexity index is 1310. The van der Waals surface area contributed by atoms with Crippen molar-refractivity contribution in [3.63, 3.8) is 0 Å². The van der Waals surface area contributed by atoms with Gasteiger partial charge in [-0.25, -0.2) is 18.7 Å². The van der Waals surface area contributed by atoms with Crippen LogP contribution in [0.4, 0.5) is 14.6 Å². The molecule has 2 amide bonds. The molecule has 35 heavy (non-hydrogen) atoms. The van der Waals surface area contributed by atoms with E-state index in [2.05, 4.69) is 15.3 Å². The van der Waals surface area contributed by atoms with E-state index in [1.54, 1.807) is 35.4 Å². The van der Waals surface area contributed by atoms with Gasteiger partial charge in [0.05, 0.1) is 11.1 Å². The zero-order valence-corrected chi connectivity index (χ0v) is 19.0. The first-order valence-electron chi connectivity index (χ1n) is 11.6. The number of anilines is 1. The first-order valence-corrected chi connectivity index (χ1v) is 11.6. The summed E-state index contributed by atoms with van der Waals surface area (Å²) in [5.41, 5.74) is 2.07. The summed E-state index contributed by atoms with van der Waals surface area (Å²) in [5.74, 6) is -0.635. The molecule has 1 aliphatic heterocycles. The second-order valence-electron chi connectivity index (χ2n) is 9.07. The van der Waals surface area contributed by atoms with Crippen molar-refractivity contribution in [1.29, 1.82) is 0 Å². The lowest BCUT2D eigenvalue weighted by Gasteiger charge is -2.33. The minimum absolute atomic E-state index is 0.0170. The van der Waals surface area contributed by atoms with Gasteiger partial charge >= 0.3 is 0 Å². The van der Waals surface area contributed by atoms with Gasteiger partial charge in [-0.1, -0.05) is 11.6 Å². The number of halogens is 2. The number of carbonyl (C=O) groups is 2. The van der Waals surface area contributed by atoms with Crippen LogP contribution in [0.1, 0.15) is 42.5 Å². The van der Waals surface area contributed by atoms with Crippen LogP contribution in [0.3, 0.4) is 0 Å². The summed E-state index contributed by atoms with van der Waals surface area (Å²) in [6.45, 7) is 0.543. The zero-order chi connectivity index (χ0) is 24.4. The van der Waals surface area contributed by atoms with Crippen LogP contribution in [-0.4, -0.2) is 28.3 Å². The monoisotopic (exact) mass is 474 g/mol. The van der Waals surface area contributed by atoms with Crippen molar-refractivity contribution in [2.45, 2.75) is 32.1 Å². The smallest absolute Gasteiger partial charge is 0.255 e. The average molecular weight is 475 g/mol. The first-order chi connectivity index (χ1) is 16.9. The molecule has 5 rings (SSSR count). The highest BCUT2D eigenvalue weighted by molar-refractivity contribution is 6.00. The molecular formula is C27H24F2N4O2. The molecule has 1 unspecified atom stereocenters. The molecule has 1 N–H and O–H groups in total. The number of amides is 2. The zero-order valence-electron chi connectivity index (χ0n) is 19.0. The van der Waals surface area contributed by atoms with Gasteiger partial charge in [-0.2, -0.15) is 0 Å². The summed E-state index contributed by atoms with van der Waals surface area (Å²) >= 11 is 0. The third-order valence-corrected chi connectivity index (χ3v) is 6.79. The summed E-state index contributed by atoms with van der Waals surface area (Å²) in [6.07, 6.45) is 6.74. The molecule has 0 radical (unpaired) electrons. The molecule has 1 saturated carbocycles. The van der Waals surface area contributed by atoms with Gasteiger partial charge in [0.2, 0.25) is 5.91 Å². The fourth-order valence-electron chi connectivity index (χ4n) is 4.98. The lowest BCUT2D eigenvalue weighted by Crippen LogP contribution is -2.37. The van der Waals surface area contributed by atoms with Gasteiger partial charge in [0.15, 0.2) is 0 Å². The Hall–Kier alpha value is -3.94. The van der Waals surface area contributed by atoms with Gasteiger partial charge in [0, 0.05) is 29.9 Å². The van der Waals surface area contributed by atoms with E-state index in [1.807, 2.05) is 0 Å². The van der Waals surface area contributed by atoms with Crippen LogP contribution in [0.25, 0.3) is 11.3 Å². The Morgan fingerprint density at radius 3 is 2.66 bits per heavy atom. The molecule has 1 atom stereocenters. The van der Waals surface area contributed by atoms with E-state index in [0.717, 1.165) is 30.4 Å². The van der Waals surface area contributed by atoms with Crippen molar-refractivity contribution >= 4 is 17.6 Å². The second kappa shape index (κ2) is 9.37. The molecule has 2 aliphatic rings. The molecule has 2 fully saturated rings. The molecule has 2 aromatic carbocycles. The fourth-order valence-corrected chi connectivity index (χ4v) is 4.98. The minimum atomic E-state index is -0.533. The van der Waals surface area contributed by atoms with E-state index in [0.29, 0.717) is 30.9 Å². The predicted octanol–water partition coefficient (Wildman–Crippen LogP) is 5.03. The molecule has 1 saturated heterocycles. The Kier molecular flexibility index (Phi) is 6.11. The van der Waals surface area contributed by atoms with Gasteiger partial charge in [0.1, 0.15) is 23.8 Å². The average Bonchev–Trinajstić information content (AvgIpc) is 3.18.